The number of aromatic nitrogens is 1. The number of ether oxygens (including phenoxy) is 1. The Bertz CT molecular complexity index is 1000. The summed E-state index contributed by atoms with van der Waals surface area (Å²) in [6.07, 6.45) is -4.43. The number of halogens is 5. The van der Waals surface area contributed by atoms with Crippen LogP contribution in [0.3, 0.4) is 0 Å². The maximum atomic E-state index is 12.6. The Hall–Kier alpha value is -3.01. The molecule has 3 aromatic rings. The number of carbonyl (C=O) groups is 1. The maximum absolute atomic E-state index is 12.6. The highest BCUT2D eigenvalue weighted by Gasteiger charge is 2.30. The Morgan fingerprint density at radius 2 is 1.87 bits per heavy atom. The van der Waals surface area contributed by atoms with Crippen LogP contribution < -0.4 is 10.1 Å². The van der Waals surface area contributed by atoms with Gasteiger partial charge in [0.2, 0.25) is 5.91 Å². The molecule has 0 bridgehead atoms. The first-order chi connectivity index (χ1) is 14.2. The van der Waals surface area contributed by atoms with Gasteiger partial charge >= 0.3 is 12.8 Å². The molecular weight excluding hydrogens is 427 g/mol. The molecule has 2 aromatic carbocycles. The van der Waals surface area contributed by atoms with Gasteiger partial charge in [0.25, 0.3) is 0 Å². The van der Waals surface area contributed by atoms with E-state index in [4.69, 9.17) is 0 Å². The van der Waals surface area contributed by atoms with Crippen LogP contribution in [0.15, 0.2) is 53.9 Å². The second-order valence-corrected chi connectivity index (χ2v) is 7.06. The molecule has 0 unspecified atom stereocenters. The number of carbonyl (C=O) groups excluding carboxylic acids is 1. The van der Waals surface area contributed by atoms with Crippen LogP contribution >= 0.6 is 11.3 Å². The number of benzene rings is 2. The molecular formula is C20H15F5N2O2S. The molecule has 0 radical (unpaired) electrons. The Morgan fingerprint density at radius 1 is 1.13 bits per heavy atom. The molecule has 3 rings (SSSR count). The van der Waals surface area contributed by atoms with Crippen LogP contribution in [0.4, 0.5) is 22.0 Å². The Kier molecular flexibility index (Phi) is 6.66. The predicted octanol–water partition coefficient (Wildman–Crippen LogP) is 5.29. The van der Waals surface area contributed by atoms with Gasteiger partial charge in [-0.1, -0.05) is 24.3 Å². The van der Waals surface area contributed by atoms with Crippen LogP contribution in [-0.2, 0) is 23.9 Å². The molecule has 0 saturated carbocycles. The van der Waals surface area contributed by atoms with Crippen molar-refractivity contribution in [3.8, 4) is 16.3 Å². The molecule has 30 heavy (non-hydrogen) atoms. The standard InChI is InChI=1S/C20H15F5N2O2S/c21-19(22)29-16-3-1-2-12(8-16)10-26-17(28)9-15-11-30-18(27-15)13-4-6-14(7-5-13)20(23,24)25/h1-8,11,19H,9-10H2,(H,26,28). The van der Waals surface area contributed by atoms with Crippen LogP contribution in [0.2, 0.25) is 0 Å². The SMILES string of the molecule is O=C(Cc1csc(-c2ccc(C(F)(F)F)cc2)n1)NCc1cccc(OC(F)F)c1. The molecule has 0 aliphatic rings. The normalized spacial score (nSPS) is 11.5. The summed E-state index contributed by atoms with van der Waals surface area (Å²) in [6, 6.07) is 10.6. The first-order valence-electron chi connectivity index (χ1n) is 8.63. The maximum Gasteiger partial charge on any atom is 0.416 e. The second-order valence-electron chi connectivity index (χ2n) is 6.20. The van der Waals surface area contributed by atoms with E-state index in [0.717, 1.165) is 12.1 Å². The zero-order chi connectivity index (χ0) is 21.7. The van der Waals surface area contributed by atoms with Gasteiger partial charge in [0.1, 0.15) is 10.8 Å². The first kappa shape index (κ1) is 21.7. The van der Waals surface area contributed by atoms with Gasteiger partial charge in [-0.2, -0.15) is 22.0 Å². The molecule has 1 heterocycles. The molecule has 0 atom stereocenters. The van der Waals surface area contributed by atoms with Gasteiger partial charge in [-0.25, -0.2) is 4.98 Å². The van der Waals surface area contributed by atoms with Crippen molar-refractivity contribution in [2.24, 2.45) is 0 Å². The molecule has 1 amide bonds. The van der Waals surface area contributed by atoms with Crippen molar-refractivity contribution in [2.45, 2.75) is 25.8 Å². The van der Waals surface area contributed by atoms with Gasteiger partial charge in [-0.3, -0.25) is 4.79 Å². The minimum Gasteiger partial charge on any atom is -0.435 e. The van der Waals surface area contributed by atoms with Crippen LogP contribution in [0.1, 0.15) is 16.8 Å². The Labute approximate surface area is 172 Å². The van der Waals surface area contributed by atoms with Crippen molar-refractivity contribution < 1.29 is 31.5 Å². The summed E-state index contributed by atoms with van der Waals surface area (Å²) in [4.78, 5) is 16.4. The van der Waals surface area contributed by atoms with E-state index < -0.39 is 18.4 Å². The second kappa shape index (κ2) is 9.21. The lowest BCUT2D eigenvalue weighted by Gasteiger charge is -2.08. The summed E-state index contributed by atoms with van der Waals surface area (Å²) >= 11 is 1.22. The number of nitrogens with one attached hydrogen (secondary N) is 1. The van der Waals surface area contributed by atoms with Gasteiger partial charge in [0, 0.05) is 17.5 Å². The summed E-state index contributed by atoms with van der Waals surface area (Å²) in [6.45, 7) is -2.81. The average molecular weight is 442 g/mol. The van der Waals surface area contributed by atoms with E-state index in [0.29, 0.717) is 21.8 Å². The van der Waals surface area contributed by atoms with Crippen LogP contribution in [0.25, 0.3) is 10.6 Å². The fraction of sp³-hybridized carbons (Fsp3) is 0.200. The van der Waals surface area contributed by atoms with Crippen LogP contribution in [0, 0.1) is 0 Å². The minimum atomic E-state index is -4.41. The number of nitrogens with zero attached hydrogens (tertiary/aromatic N) is 1. The quantitative estimate of drug-likeness (QED) is 0.506. The predicted molar refractivity (Wildman–Crippen MR) is 101 cm³/mol. The van der Waals surface area contributed by atoms with Crippen molar-refractivity contribution >= 4 is 17.2 Å². The van der Waals surface area contributed by atoms with Gasteiger partial charge in [-0.15, -0.1) is 11.3 Å². The van der Waals surface area contributed by atoms with Crippen molar-refractivity contribution in [2.75, 3.05) is 0 Å². The Balaban J connectivity index is 1.56. The smallest absolute Gasteiger partial charge is 0.416 e. The number of hydrogen-bond acceptors (Lipinski definition) is 4. The van der Waals surface area contributed by atoms with Crippen molar-refractivity contribution in [3.05, 3.63) is 70.7 Å². The first-order valence-corrected chi connectivity index (χ1v) is 9.51. The van der Waals surface area contributed by atoms with E-state index in [-0.39, 0.29) is 24.6 Å². The zero-order valence-corrected chi connectivity index (χ0v) is 16.1. The Morgan fingerprint density at radius 3 is 2.53 bits per heavy atom. The molecule has 1 aromatic heterocycles. The molecule has 1 N–H and O–H groups in total. The van der Waals surface area contributed by atoms with Gasteiger partial charge in [-0.05, 0) is 29.8 Å². The lowest BCUT2D eigenvalue weighted by Crippen LogP contribution is -2.24. The fourth-order valence-electron chi connectivity index (χ4n) is 2.58. The van der Waals surface area contributed by atoms with E-state index in [9.17, 15) is 26.7 Å². The van der Waals surface area contributed by atoms with Crippen molar-refractivity contribution in [3.63, 3.8) is 0 Å². The van der Waals surface area contributed by atoms with Gasteiger partial charge in [0.05, 0.1) is 17.7 Å². The number of amides is 1. The highest BCUT2D eigenvalue weighted by atomic mass is 32.1. The molecule has 0 aliphatic heterocycles. The lowest BCUT2D eigenvalue weighted by atomic mass is 10.1. The molecule has 0 aliphatic carbocycles. The van der Waals surface area contributed by atoms with E-state index in [2.05, 4.69) is 15.0 Å². The summed E-state index contributed by atoms with van der Waals surface area (Å²) in [5, 5.41) is 4.82. The molecule has 0 spiro atoms. The minimum absolute atomic E-state index is 0.00238. The number of thiazole rings is 1. The lowest BCUT2D eigenvalue weighted by molar-refractivity contribution is -0.137. The van der Waals surface area contributed by atoms with E-state index in [1.165, 1.54) is 41.7 Å². The van der Waals surface area contributed by atoms with Gasteiger partial charge in [0.15, 0.2) is 0 Å². The van der Waals surface area contributed by atoms with Crippen molar-refractivity contribution in [1.82, 2.24) is 10.3 Å². The van der Waals surface area contributed by atoms with Crippen LogP contribution in [0.5, 0.6) is 5.75 Å². The summed E-state index contributed by atoms with van der Waals surface area (Å²) in [7, 11) is 0. The average Bonchev–Trinajstić information content (AvgIpc) is 3.14. The van der Waals surface area contributed by atoms with Gasteiger partial charge < -0.3 is 10.1 Å². The third-order valence-corrected chi connectivity index (χ3v) is 4.91. The number of alkyl halides is 5. The summed E-state index contributed by atoms with van der Waals surface area (Å²) in [5.41, 5.74) is 0.841. The number of rotatable bonds is 7. The number of hydrogen-bond donors (Lipinski definition) is 1. The molecule has 0 fully saturated rings. The zero-order valence-electron chi connectivity index (χ0n) is 15.2. The highest BCUT2D eigenvalue weighted by molar-refractivity contribution is 7.13. The summed E-state index contributed by atoms with van der Waals surface area (Å²) in [5.74, 6) is -0.336. The third kappa shape index (κ3) is 5.99. The molecule has 10 heteroatoms. The van der Waals surface area contributed by atoms with Crippen LogP contribution in [-0.4, -0.2) is 17.5 Å². The van der Waals surface area contributed by atoms with E-state index >= 15 is 0 Å². The van der Waals surface area contributed by atoms with Crippen molar-refractivity contribution in [1.29, 1.82) is 0 Å². The highest BCUT2D eigenvalue weighted by Crippen LogP contribution is 2.31. The largest absolute Gasteiger partial charge is 0.435 e. The monoisotopic (exact) mass is 442 g/mol. The van der Waals surface area contributed by atoms with E-state index in [1.807, 2.05) is 0 Å². The molecule has 158 valence electrons. The molecule has 0 saturated heterocycles. The summed E-state index contributed by atoms with van der Waals surface area (Å²) < 4.78 is 66.8. The topological polar surface area (TPSA) is 51.2 Å². The third-order valence-electron chi connectivity index (χ3n) is 3.97. The fourth-order valence-corrected chi connectivity index (χ4v) is 3.41. The van der Waals surface area contributed by atoms with E-state index in [1.54, 1.807) is 11.4 Å². The molecule has 4 nitrogen and oxygen atoms in total.